The van der Waals surface area contributed by atoms with Crippen LogP contribution in [0.15, 0.2) is 122 Å². The average Bonchev–Trinajstić information content (AvgIpc) is 3.45. The Balaban J connectivity index is 4.37. The van der Waals surface area contributed by atoms with Crippen molar-refractivity contribution < 1.29 is 28.6 Å². The fraction of sp³-hybridized carbons (Fsp3) is 0.685. The van der Waals surface area contributed by atoms with Gasteiger partial charge in [0.05, 0.1) is 0 Å². The van der Waals surface area contributed by atoms with Crippen LogP contribution in [-0.2, 0) is 28.6 Å². The van der Waals surface area contributed by atoms with Crippen LogP contribution < -0.4 is 0 Å². The lowest BCUT2D eigenvalue weighted by Gasteiger charge is -2.18. The minimum Gasteiger partial charge on any atom is -0.462 e. The molecule has 0 amide bonds. The van der Waals surface area contributed by atoms with E-state index in [4.69, 9.17) is 14.2 Å². The minimum atomic E-state index is -0.797. The fourth-order valence-corrected chi connectivity index (χ4v) is 8.98. The van der Waals surface area contributed by atoms with Gasteiger partial charge >= 0.3 is 17.9 Å². The predicted octanol–water partition coefficient (Wildman–Crippen LogP) is 22.8. The van der Waals surface area contributed by atoms with Crippen LogP contribution in [-0.4, -0.2) is 37.2 Å². The smallest absolute Gasteiger partial charge is 0.306 e. The number of hydrogen-bond donors (Lipinski definition) is 0. The van der Waals surface area contributed by atoms with Gasteiger partial charge in [-0.1, -0.05) is 271 Å². The van der Waals surface area contributed by atoms with E-state index in [2.05, 4.69) is 142 Å². The van der Waals surface area contributed by atoms with Crippen molar-refractivity contribution in [3.63, 3.8) is 0 Å². The molecule has 0 heterocycles. The Kier molecular flexibility index (Phi) is 62.8. The Morgan fingerprint density at radius 1 is 0.266 bits per heavy atom. The van der Waals surface area contributed by atoms with E-state index in [9.17, 15) is 14.4 Å². The lowest BCUT2D eigenvalue weighted by Crippen LogP contribution is -2.30. The maximum absolute atomic E-state index is 12.9. The van der Waals surface area contributed by atoms with E-state index >= 15 is 0 Å². The molecule has 0 aromatic carbocycles. The molecule has 0 saturated heterocycles. The zero-order chi connectivity index (χ0) is 57.1. The first-order chi connectivity index (χ1) is 39.0. The molecule has 0 aromatic rings. The third kappa shape index (κ3) is 64.5. The van der Waals surface area contributed by atoms with Crippen LogP contribution >= 0.6 is 0 Å². The van der Waals surface area contributed by atoms with Crippen molar-refractivity contribution in [2.75, 3.05) is 13.2 Å². The molecule has 6 heteroatoms. The van der Waals surface area contributed by atoms with Crippen molar-refractivity contribution in [3.05, 3.63) is 122 Å². The van der Waals surface area contributed by atoms with Crippen molar-refractivity contribution in [3.8, 4) is 0 Å². The van der Waals surface area contributed by atoms with Gasteiger partial charge in [-0.2, -0.15) is 0 Å². The highest BCUT2D eigenvalue weighted by molar-refractivity contribution is 5.71. The Labute approximate surface area is 488 Å². The Bertz CT molecular complexity index is 1640. The topological polar surface area (TPSA) is 78.9 Å². The highest BCUT2D eigenvalue weighted by atomic mass is 16.6. The van der Waals surface area contributed by atoms with Gasteiger partial charge in [-0.15, -0.1) is 0 Å². The quantitative estimate of drug-likeness (QED) is 0.0261. The lowest BCUT2D eigenvalue weighted by atomic mass is 10.0. The molecule has 0 rings (SSSR count). The highest BCUT2D eigenvalue weighted by Gasteiger charge is 2.19. The summed E-state index contributed by atoms with van der Waals surface area (Å²) in [6.07, 6.45) is 92.0. The normalized spacial score (nSPS) is 12.9. The van der Waals surface area contributed by atoms with Gasteiger partial charge in [-0.3, -0.25) is 14.4 Å². The molecule has 0 fully saturated rings. The monoisotopic (exact) mass is 1090 g/mol. The second-order valence-corrected chi connectivity index (χ2v) is 21.6. The van der Waals surface area contributed by atoms with Gasteiger partial charge in [0.1, 0.15) is 13.2 Å². The van der Waals surface area contributed by atoms with Crippen LogP contribution in [0.25, 0.3) is 0 Å². The van der Waals surface area contributed by atoms with Gasteiger partial charge < -0.3 is 14.2 Å². The number of allylic oxidation sites excluding steroid dienone is 20. The molecule has 0 radical (unpaired) electrons. The number of hydrogen-bond acceptors (Lipinski definition) is 6. The second kappa shape index (κ2) is 66.3. The Morgan fingerprint density at radius 2 is 0.494 bits per heavy atom. The largest absolute Gasteiger partial charge is 0.462 e. The molecular weight excluding hydrogens is 973 g/mol. The van der Waals surface area contributed by atoms with Crippen LogP contribution in [0.4, 0.5) is 0 Å². The third-order valence-electron chi connectivity index (χ3n) is 13.9. The van der Waals surface area contributed by atoms with E-state index in [0.29, 0.717) is 19.3 Å². The number of rotatable bonds is 59. The number of carbonyl (C=O) groups is 3. The van der Waals surface area contributed by atoms with Gasteiger partial charge in [0, 0.05) is 19.3 Å². The van der Waals surface area contributed by atoms with E-state index in [-0.39, 0.29) is 31.1 Å². The number of esters is 3. The minimum absolute atomic E-state index is 0.0911. The van der Waals surface area contributed by atoms with Crippen LogP contribution in [0.2, 0.25) is 0 Å². The molecule has 0 spiro atoms. The summed E-state index contributed by atoms with van der Waals surface area (Å²) in [5.41, 5.74) is 0. The first-order valence-electron chi connectivity index (χ1n) is 33.0. The van der Waals surface area contributed by atoms with E-state index in [1.54, 1.807) is 0 Å². The zero-order valence-corrected chi connectivity index (χ0v) is 51.6. The maximum Gasteiger partial charge on any atom is 0.306 e. The Morgan fingerprint density at radius 3 is 0.772 bits per heavy atom. The molecule has 1 unspecified atom stereocenters. The molecule has 0 aliphatic heterocycles. The molecule has 450 valence electrons. The first-order valence-corrected chi connectivity index (χ1v) is 33.0. The van der Waals surface area contributed by atoms with E-state index in [1.165, 1.54) is 122 Å². The average molecular weight is 1100 g/mol. The number of carbonyl (C=O) groups excluding carboxylic acids is 3. The predicted molar refractivity (Wildman–Crippen MR) is 343 cm³/mol. The molecule has 1 atom stereocenters. The highest BCUT2D eigenvalue weighted by Crippen LogP contribution is 2.15. The van der Waals surface area contributed by atoms with Crippen molar-refractivity contribution in [1.82, 2.24) is 0 Å². The Hall–Kier alpha value is -4.19. The summed E-state index contributed by atoms with van der Waals surface area (Å²) in [6, 6.07) is 0. The molecular formula is C73H122O6. The zero-order valence-electron chi connectivity index (χ0n) is 51.6. The summed E-state index contributed by atoms with van der Waals surface area (Å²) in [4.78, 5) is 38.4. The van der Waals surface area contributed by atoms with Crippen LogP contribution in [0.1, 0.15) is 303 Å². The summed E-state index contributed by atoms with van der Waals surface area (Å²) in [5.74, 6) is -0.914. The van der Waals surface area contributed by atoms with Gasteiger partial charge in [0.25, 0.3) is 0 Å². The summed E-state index contributed by atoms with van der Waals surface area (Å²) in [7, 11) is 0. The summed E-state index contributed by atoms with van der Waals surface area (Å²) >= 11 is 0. The van der Waals surface area contributed by atoms with E-state index in [0.717, 1.165) is 141 Å². The van der Waals surface area contributed by atoms with E-state index < -0.39 is 6.10 Å². The summed E-state index contributed by atoms with van der Waals surface area (Å²) in [6.45, 7) is 6.47. The van der Waals surface area contributed by atoms with Crippen molar-refractivity contribution in [2.24, 2.45) is 0 Å². The number of unbranched alkanes of at least 4 members (excludes halogenated alkanes) is 28. The van der Waals surface area contributed by atoms with Crippen LogP contribution in [0.5, 0.6) is 0 Å². The van der Waals surface area contributed by atoms with Gasteiger partial charge in [-0.25, -0.2) is 0 Å². The molecule has 79 heavy (non-hydrogen) atoms. The molecule has 6 nitrogen and oxygen atoms in total. The molecule has 0 aliphatic rings. The molecule has 0 N–H and O–H groups in total. The maximum atomic E-state index is 12.9. The lowest BCUT2D eigenvalue weighted by molar-refractivity contribution is -0.167. The molecule has 0 aromatic heterocycles. The summed E-state index contributed by atoms with van der Waals surface area (Å²) < 4.78 is 16.9. The van der Waals surface area contributed by atoms with Gasteiger partial charge in [0.15, 0.2) is 6.10 Å². The van der Waals surface area contributed by atoms with Crippen molar-refractivity contribution in [1.29, 1.82) is 0 Å². The molecule has 0 bridgehead atoms. The van der Waals surface area contributed by atoms with Gasteiger partial charge in [-0.05, 0) is 135 Å². The van der Waals surface area contributed by atoms with E-state index in [1.807, 2.05) is 0 Å². The standard InChI is InChI=1S/C73H122O6/c1-4-7-10-13-16-19-22-25-28-30-32-33-34-35-36-37-38-39-41-42-45-48-51-54-57-60-63-66-72(75)78-69-70(68-77-71(74)65-62-59-56-53-50-47-44-27-24-21-18-15-12-9-6-3)79-73(76)67-64-61-58-55-52-49-46-43-40-31-29-26-23-20-17-14-11-8-5-2/h7,10,16-21,25-29,32-33,35-36,40,43-44,70H,4-6,8-9,11-15,22-24,30-31,34,37-39,41-42,45-69H2,1-3H3/b10-7-,19-16-,20-17-,21-18-,28-25-,29-26-,33-32-,36-35-,43-40-,44-27-. The van der Waals surface area contributed by atoms with Crippen molar-refractivity contribution >= 4 is 17.9 Å². The SMILES string of the molecule is CC/C=C\C/C=C\C/C=C\C/C=C\C/C=C\CCCCCCCCCCCCCC(=O)OCC(COC(=O)CCCCCCC/C=C\C/C=C\CCCCC)OC(=O)CCCCCCCC/C=C\C/C=C\C/C=C\CCCCC. The molecule has 0 saturated carbocycles. The van der Waals surface area contributed by atoms with Gasteiger partial charge in [0.2, 0.25) is 0 Å². The third-order valence-corrected chi connectivity index (χ3v) is 13.9. The second-order valence-electron chi connectivity index (χ2n) is 21.6. The number of ether oxygens (including phenoxy) is 3. The van der Waals surface area contributed by atoms with Crippen LogP contribution in [0.3, 0.4) is 0 Å². The van der Waals surface area contributed by atoms with Crippen LogP contribution in [0, 0.1) is 0 Å². The first kappa shape index (κ1) is 74.8. The van der Waals surface area contributed by atoms with Crippen molar-refractivity contribution in [2.45, 2.75) is 309 Å². The summed E-state index contributed by atoms with van der Waals surface area (Å²) in [5, 5.41) is 0. The molecule has 0 aliphatic carbocycles. The fourth-order valence-electron chi connectivity index (χ4n) is 8.98.